The minimum absolute atomic E-state index is 0.0355. The fraction of sp³-hybridized carbons (Fsp3) is 0.292. The third-order valence-electron chi connectivity index (χ3n) is 6.14. The second-order valence-electron chi connectivity index (χ2n) is 8.17. The predicted molar refractivity (Wildman–Crippen MR) is 120 cm³/mol. The summed E-state index contributed by atoms with van der Waals surface area (Å²) in [6, 6.07) is 6.81. The number of hydrogen-bond donors (Lipinski definition) is 1. The maximum absolute atomic E-state index is 13.2. The van der Waals surface area contributed by atoms with E-state index in [-0.39, 0.29) is 27.9 Å². The quantitative estimate of drug-likeness (QED) is 0.453. The normalized spacial score (nSPS) is 14.9. The number of pyridine rings is 1. The molecule has 1 aliphatic carbocycles. The molecule has 1 aromatic carbocycles. The second kappa shape index (κ2) is 7.84. The van der Waals surface area contributed by atoms with Crippen LogP contribution in [0.1, 0.15) is 16.7 Å². The molecule has 1 fully saturated rings. The average molecular weight is 454 g/mol. The monoisotopic (exact) mass is 454 g/mol. The molecule has 0 saturated carbocycles. The summed E-state index contributed by atoms with van der Waals surface area (Å²) in [4.78, 5) is 24.5. The van der Waals surface area contributed by atoms with Crippen molar-refractivity contribution >= 4 is 16.9 Å². The molecule has 3 heterocycles. The van der Waals surface area contributed by atoms with E-state index in [1.807, 2.05) is 6.07 Å². The van der Waals surface area contributed by atoms with Gasteiger partial charge in [-0.15, -0.1) is 0 Å². The number of nitrogens with one attached hydrogen (secondary N) is 1. The molecule has 6 nitrogen and oxygen atoms in total. The van der Waals surface area contributed by atoms with E-state index in [4.69, 9.17) is 4.42 Å². The van der Waals surface area contributed by atoms with Gasteiger partial charge < -0.3 is 14.6 Å². The number of benzene rings is 2. The van der Waals surface area contributed by atoms with E-state index in [9.17, 15) is 18.0 Å². The van der Waals surface area contributed by atoms with Gasteiger partial charge in [-0.3, -0.25) is 4.79 Å². The van der Waals surface area contributed by atoms with E-state index in [0.29, 0.717) is 22.4 Å². The van der Waals surface area contributed by atoms with Crippen LogP contribution in [-0.2, 0) is 6.18 Å². The molecule has 1 aromatic heterocycles. The molecule has 0 bridgehead atoms. The number of fused-ring (bicyclic) bond motifs is 2. The molecule has 0 amide bonds. The SMILES string of the molecule is Cc1c2nc3ccc(C(F)(F)F)cc3oc-2c(-c2ccc(N3CCNCC3)nc2)c(=O)c1C. The third kappa shape index (κ3) is 3.72. The van der Waals surface area contributed by atoms with E-state index >= 15 is 0 Å². The van der Waals surface area contributed by atoms with Crippen LogP contribution in [0.3, 0.4) is 0 Å². The molecule has 170 valence electrons. The van der Waals surface area contributed by atoms with Gasteiger partial charge in [0.25, 0.3) is 0 Å². The highest BCUT2D eigenvalue weighted by molar-refractivity contribution is 5.86. The Bertz CT molecular complexity index is 1370. The Labute approximate surface area is 187 Å². The van der Waals surface area contributed by atoms with Gasteiger partial charge in [0, 0.05) is 43.5 Å². The van der Waals surface area contributed by atoms with Gasteiger partial charge in [-0.05, 0) is 49.7 Å². The number of hydrogen-bond acceptors (Lipinski definition) is 6. The van der Waals surface area contributed by atoms with Gasteiger partial charge in [0.1, 0.15) is 17.0 Å². The van der Waals surface area contributed by atoms with Crippen LogP contribution in [0.25, 0.3) is 33.7 Å². The standard InChI is InChI=1S/C24H21F3N4O2/c1-13-14(2)22(32)20(15-3-6-19(29-12-15)31-9-7-28-8-10-31)23-21(13)30-17-5-4-16(24(25,26)27)11-18(17)33-23/h3-6,11-12,28H,7-10H2,1-2H3. The van der Waals surface area contributed by atoms with Crippen molar-refractivity contribution < 1.29 is 17.6 Å². The van der Waals surface area contributed by atoms with Crippen LogP contribution in [0.5, 0.6) is 0 Å². The summed E-state index contributed by atoms with van der Waals surface area (Å²) in [7, 11) is 0. The molecular formula is C24H21F3N4O2. The molecule has 5 rings (SSSR count). The first-order chi connectivity index (χ1) is 15.7. The molecular weight excluding hydrogens is 433 g/mol. The van der Waals surface area contributed by atoms with Gasteiger partial charge >= 0.3 is 6.18 Å². The zero-order valence-electron chi connectivity index (χ0n) is 18.1. The minimum atomic E-state index is -4.52. The van der Waals surface area contributed by atoms with Crippen LogP contribution in [0.4, 0.5) is 19.0 Å². The lowest BCUT2D eigenvalue weighted by atomic mass is 9.94. The van der Waals surface area contributed by atoms with Crippen LogP contribution in [0.15, 0.2) is 45.7 Å². The maximum atomic E-state index is 13.2. The van der Waals surface area contributed by atoms with E-state index in [1.54, 1.807) is 26.1 Å². The summed E-state index contributed by atoms with van der Waals surface area (Å²) < 4.78 is 45.6. The van der Waals surface area contributed by atoms with Gasteiger partial charge in [-0.25, -0.2) is 9.97 Å². The highest BCUT2D eigenvalue weighted by atomic mass is 19.4. The zero-order valence-corrected chi connectivity index (χ0v) is 18.1. The number of piperazine rings is 1. The lowest BCUT2D eigenvalue weighted by molar-refractivity contribution is -0.137. The molecule has 1 N–H and O–H groups in total. The van der Waals surface area contributed by atoms with Gasteiger partial charge in [-0.2, -0.15) is 13.2 Å². The van der Waals surface area contributed by atoms with E-state index < -0.39 is 11.7 Å². The van der Waals surface area contributed by atoms with Crippen LogP contribution >= 0.6 is 0 Å². The lowest BCUT2D eigenvalue weighted by Crippen LogP contribution is -2.43. The Morgan fingerprint density at radius 1 is 1.06 bits per heavy atom. The van der Waals surface area contributed by atoms with Gasteiger partial charge in [0.15, 0.2) is 16.8 Å². The molecule has 0 radical (unpaired) electrons. The minimum Gasteiger partial charge on any atom is -0.452 e. The van der Waals surface area contributed by atoms with E-state index in [0.717, 1.165) is 44.1 Å². The first-order valence-corrected chi connectivity index (χ1v) is 10.6. The molecule has 1 saturated heterocycles. The summed E-state index contributed by atoms with van der Waals surface area (Å²) >= 11 is 0. The Kier molecular flexibility index (Phi) is 5.08. The van der Waals surface area contributed by atoms with Crippen molar-refractivity contribution in [3.63, 3.8) is 0 Å². The smallest absolute Gasteiger partial charge is 0.416 e. The second-order valence-corrected chi connectivity index (χ2v) is 8.17. The fourth-order valence-corrected chi connectivity index (χ4v) is 4.13. The van der Waals surface area contributed by atoms with Crippen molar-refractivity contribution in [2.24, 2.45) is 0 Å². The van der Waals surface area contributed by atoms with Crippen molar-refractivity contribution in [1.82, 2.24) is 15.3 Å². The molecule has 2 aliphatic heterocycles. The molecule has 3 aliphatic rings. The Balaban J connectivity index is 1.70. The molecule has 33 heavy (non-hydrogen) atoms. The largest absolute Gasteiger partial charge is 0.452 e. The Morgan fingerprint density at radius 2 is 1.82 bits per heavy atom. The number of alkyl halides is 3. The van der Waals surface area contributed by atoms with Crippen LogP contribution < -0.4 is 15.6 Å². The van der Waals surface area contributed by atoms with Crippen molar-refractivity contribution in [2.75, 3.05) is 31.1 Å². The summed E-state index contributed by atoms with van der Waals surface area (Å²) in [5.41, 5.74) is 1.53. The van der Waals surface area contributed by atoms with Crippen LogP contribution in [-0.4, -0.2) is 36.1 Å². The number of nitrogens with zero attached hydrogens (tertiary/aromatic N) is 3. The maximum Gasteiger partial charge on any atom is 0.416 e. The van der Waals surface area contributed by atoms with Gasteiger partial charge in [0.2, 0.25) is 0 Å². The number of rotatable bonds is 2. The van der Waals surface area contributed by atoms with Crippen molar-refractivity contribution in [3.05, 3.63) is 63.4 Å². The highest BCUT2D eigenvalue weighted by Gasteiger charge is 2.31. The molecule has 9 heteroatoms. The summed E-state index contributed by atoms with van der Waals surface area (Å²) in [6.07, 6.45) is -2.91. The van der Waals surface area contributed by atoms with E-state index in [2.05, 4.69) is 20.2 Å². The number of aromatic nitrogens is 2. The number of anilines is 1. The highest BCUT2D eigenvalue weighted by Crippen LogP contribution is 2.37. The Morgan fingerprint density at radius 3 is 2.48 bits per heavy atom. The first kappa shape index (κ1) is 21.4. The molecule has 2 aromatic rings. The molecule has 0 atom stereocenters. The predicted octanol–water partition coefficient (Wildman–Crippen LogP) is 4.40. The zero-order chi connectivity index (χ0) is 23.3. The topological polar surface area (TPSA) is 71.3 Å². The van der Waals surface area contributed by atoms with Crippen molar-refractivity contribution in [2.45, 2.75) is 20.0 Å². The van der Waals surface area contributed by atoms with Crippen LogP contribution in [0.2, 0.25) is 0 Å². The molecule has 0 unspecified atom stereocenters. The molecule has 0 spiro atoms. The first-order valence-electron chi connectivity index (χ1n) is 10.6. The average Bonchev–Trinajstić information content (AvgIpc) is 2.82. The fourth-order valence-electron chi connectivity index (χ4n) is 4.13. The van der Waals surface area contributed by atoms with Gasteiger partial charge in [0.05, 0.1) is 11.1 Å². The van der Waals surface area contributed by atoms with Crippen molar-refractivity contribution in [3.8, 4) is 22.6 Å². The van der Waals surface area contributed by atoms with E-state index in [1.165, 1.54) is 6.07 Å². The van der Waals surface area contributed by atoms with Crippen molar-refractivity contribution in [1.29, 1.82) is 0 Å². The third-order valence-corrected chi connectivity index (χ3v) is 6.14. The number of halogens is 3. The Hall–Kier alpha value is -3.46. The van der Waals surface area contributed by atoms with Gasteiger partial charge in [-0.1, -0.05) is 0 Å². The summed E-state index contributed by atoms with van der Waals surface area (Å²) in [5.74, 6) is 0.961. The summed E-state index contributed by atoms with van der Waals surface area (Å²) in [5, 5.41) is 3.29. The lowest BCUT2D eigenvalue weighted by Gasteiger charge is -2.28. The van der Waals surface area contributed by atoms with Crippen LogP contribution in [0, 0.1) is 13.8 Å². The summed E-state index contributed by atoms with van der Waals surface area (Å²) in [6.45, 7) is 6.87.